The summed E-state index contributed by atoms with van der Waals surface area (Å²) in [4.78, 5) is 0. The number of unbranched alkanes of at least 4 members (excludes halogenated alkanes) is 2. The molecule has 0 amide bonds. The van der Waals surface area contributed by atoms with Gasteiger partial charge < -0.3 is 0 Å². The molecule has 0 aliphatic carbocycles. The van der Waals surface area contributed by atoms with Gasteiger partial charge in [0, 0.05) is 0 Å². The van der Waals surface area contributed by atoms with Gasteiger partial charge in [0.05, 0.1) is 0 Å². The maximum absolute atomic E-state index is 5.97. The van der Waals surface area contributed by atoms with Crippen LogP contribution in [-0.2, 0) is 6.15 Å². The topological polar surface area (TPSA) is 18.5 Å². The SMILES string of the molecule is CCCC[O][Sn]([O]CCCC)[C](C)(C)C. The summed E-state index contributed by atoms with van der Waals surface area (Å²) in [6.07, 6.45) is 4.74. The van der Waals surface area contributed by atoms with E-state index < -0.39 is 20.6 Å². The van der Waals surface area contributed by atoms with Crippen molar-refractivity contribution in [3.8, 4) is 0 Å². The maximum atomic E-state index is 5.97. The van der Waals surface area contributed by atoms with E-state index in [1.807, 2.05) is 0 Å². The molecule has 0 aliphatic rings. The Bertz CT molecular complexity index is 133. The van der Waals surface area contributed by atoms with E-state index in [2.05, 4.69) is 34.6 Å². The molecule has 2 nitrogen and oxygen atoms in total. The Morgan fingerprint density at radius 3 is 1.53 bits per heavy atom. The molecule has 0 aliphatic heterocycles. The van der Waals surface area contributed by atoms with Crippen molar-refractivity contribution in [1.82, 2.24) is 0 Å². The van der Waals surface area contributed by atoms with Crippen molar-refractivity contribution in [2.45, 2.75) is 63.7 Å². The van der Waals surface area contributed by atoms with Gasteiger partial charge >= 0.3 is 104 Å². The van der Waals surface area contributed by atoms with Crippen molar-refractivity contribution in [1.29, 1.82) is 0 Å². The predicted octanol–water partition coefficient (Wildman–Crippen LogP) is 3.91. The number of rotatable bonds is 8. The third-order valence-electron chi connectivity index (χ3n) is 2.07. The predicted molar refractivity (Wildman–Crippen MR) is 67.2 cm³/mol. The summed E-state index contributed by atoms with van der Waals surface area (Å²) in [6, 6.07) is 0. The Labute approximate surface area is 104 Å². The second kappa shape index (κ2) is 8.82. The van der Waals surface area contributed by atoms with Crippen LogP contribution in [0.3, 0.4) is 0 Å². The molecule has 0 unspecified atom stereocenters. The van der Waals surface area contributed by atoms with Crippen LogP contribution >= 0.6 is 0 Å². The van der Waals surface area contributed by atoms with Crippen molar-refractivity contribution >= 4 is 20.6 Å². The van der Waals surface area contributed by atoms with Crippen LogP contribution < -0.4 is 0 Å². The van der Waals surface area contributed by atoms with Crippen LogP contribution in [0.5, 0.6) is 0 Å². The van der Waals surface area contributed by atoms with Gasteiger partial charge in [-0.3, -0.25) is 0 Å². The Hall–Kier alpha value is 0.719. The fourth-order valence-corrected chi connectivity index (χ4v) is 5.68. The Balaban J connectivity index is 3.85. The second-order valence-electron chi connectivity index (χ2n) is 4.94. The third-order valence-corrected chi connectivity index (χ3v) is 8.23. The number of hydrogen-bond acceptors (Lipinski definition) is 2. The molecule has 0 aromatic heterocycles. The Morgan fingerprint density at radius 1 is 0.867 bits per heavy atom. The molecule has 0 N–H and O–H groups in total. The summed E-state index contributed by atoms with van der Waals surface area (Å²) in [7, 11) is 0. The van der Waals surface area contributed by atoms with Gasteiger partial charge in [0.25, 0.3) is 0 Å². The van der Waals surface area contributed by atoms with E-state index in [9.17, 15) is 0 Å². The molecule has 0 bridgehead atoms. The number of hydrogen-bond donors (Lipinski definition) is 0. The van der Waals surface area contributed by atoms with Crippen molar-refractivity contribution < 1.29 is 6.15 Å². The van der Waals surface area contributed by atoms with Gasteiger partial charge in [-0.1, -0.05) is 0 Å². The molecule has 0 spiro atoms. The molecule has 0 saturated heterocycles. The van der Waals surface area contributed by atoms with Gasteiger partial charge in [0.2, 0.25) is 0 Å². The van der Waals surface area contributed by atoms with Gasteiger partial charge in [-0.05, 0) is 0 Å². The van der Waals surface area contributed by atoms with E-state index in [1.165, 1.54) is 12.8 Å². The molecule has 0 fully saturated rings. The second-order valence-corrected chi connectivity index (χ2v) is 12.5. The average Bonchev–Trinajstić information content (AvgIpc) is 2.14. The average molecular weight is 322 g/mol. The van der Waals surface area contributed by atoms with Gasteiger partial charge in [0.1, 0.15) is 0 Å². The molecule has 0 aromatic rings. The molecule has 3 heteroatoms. The zero-order chi connectivity index (χ0) is 11.7. The van der Waals surface area contributed by atoms with Gasteiger partial charge in [-0.2, -0.15) is 0 Å². The molecule has 1 radical (unpaired) electrons. The van der Waals surface area contributed by atoms with Crippen molar-refractivity contribution in [2.24, 2.45) is 0 Å². The molecule has 0 aromatic carbocycles. The summed E-state index contributed by atoms with van der Waals surface area (Å²) in [5.41, 5.74) is 0. The first kappa shape index (κ1) is 15.7. The van der Waals surface area contributed by atoms with Crippen molar-refractivity contribution in [2.75, 3.05) is 13.2 Å². The van der Waals surface area contributed by atoms with Crippen LogP contribution in [0, 0.1) is 0 Å². The molecule has 0 rings (SSSR count). The van der Waals surface area contributed by atoms with Gasteiger partial charge in [0.15, 0.2) is 0 Å². The first-order chi connectivity index (χ1) is 7.02. The standard InChI is InChI=1S/2C4H9O.C4H9.Sn/c2*1-2-3-4-5;1-4(2)3;/h2*2-4H2,1H3;1-3H3;/q2*-1;;+2. The summed E-state index contributed by atoms with van der Waals surface area (Å²) in [6.45, 7) is 12.9. The van der Waals surface area contributed by atoms with E-state index in [0.717, 1.165) is 26.1 Å². The molecular formula is C12H27O2Sn. The van der Waals surface area contributed by atoms with E-state index >= 15 is 0 Å². The summed E-state index contributed by atoms with van der Waals surface area (Å²) < 4.78 is 12.2. The molecule has 0 saturated carbocycles. The summed E-state index contributed by atoms with van der Waals surface area (Å²) in [5, 5.41) is 0. The van der Waals surface area contributed by atoms with Gasteiger partial charge in [-0.25, -0.2) is 0 Å². The van der Waals surface area contributed by atoms with Crippen LogP contribution in [0.25, 0.3) is 0 Å². The molecule has 0 heterocycles. The molecule has 0 atom stereocenters. The monoisotopic (exact) mass is 323 g/mol. The van der Waals surface area contributed by atoms with Crippen LogP contribution in [0.15, 0.2) is 0 Å². The molecule has 15 heavy (non-hydrogen) atoms. The summed E-state index contributed by atoms with van der Waals surface area (Å²) in [5.74, 6) is 0. The van der Waals surface area contributed by atoms with Crippen LogP contribution in [0.2, 0.25) is 3.43 Å². The van der Waals surface area contributed by atoms with Crippen molar-refractivity contribution in [3.05, 3.63) is 0 Å². The Kier molecular flexibility index (Phi) is 9.25. The first-order valence-corrected chi connectivity index (χ1v) is 9.91. The molecular weight excluding hydrogens is 295 g/mol. The van der Waals surface area contributed by atoms with E-state index in [-0.39, 0.29) is 3.43 Å². The Morgan fingerprint density at radius 2 is 1.27 bits per heavy atom. The molecule has 91 valence electrons. The minimum absolute atomic E-state index is 0.268. The first-order valence-electron chi connectivity index (χ1n) is 6.15. The zero-order valence-corrected chi connectivity index (χ0v) is 13.9. The fourth-order valence-electron chi connectivity index (χ4n) is 1.09. The van der Waals surface area contributed by atoms with E-state index in [0.29, 0.717) is 0 Å². The minimum atomic E-state index is -2.08. The van der Waals surface area contributed by atoms with Gasteiger partial charge in [-0.15, -0.1) is 0 Å². The normalized spacial score (nSPS) is 12.4. The third kappa shape index (κ3) is 8.52. The van der Waals surface area contributed by atoms with E-state index in [4.69, 9.17) is 6.15 Å². The van der Waals surface area contributed by atoms with Crippen LogP contribution in [0.1, 0.15) is 60.3 Å². The zero-order valence-electron chi connectivity index (χ0n) is 11.1. The summed E-state index contributed by atoms with van der Waals surface area (Å²) >= 11 is -2.08. The fraction of sp³-hybridized carbons (Fsp3) is 1.00. The van der Waals surface area contributed by atoms with Crippen molar-refractivity contribution in [3.63, 3.8) is 0 Å². The quantitative estimate of drug-likeness (QED) is 0.498. The van der Waals surface area contributed by atoms with Crippen LogP contribution in [0.4, 0.5) is 0 Å². The van der Waals surface area contributed by atoms with Crippen LogP contribution in [-0.4, -0.2) is 33.8 Å². The van der Waals surface area contributed by atoms with E-state index in [1.54, 1.807) is 0 Å².